The van der Waals surface area contributed by atoms with Crippen LogP contribution in [0, 0.1) is 0 Å². The highest BCUT2D eigenvalue weighted by Gasteiger charge is 2.11. The van der Waals surface area contributed by atoms with Gasteiger partial charge in [0.1, 0.15) is 0 Å². The average molecular weight is 268 g/mol. The Labute approximate surface area is 114 Å². The van der Waals surface area contributed by atoms with Crippen molar-refractivity contribution in [1.29, 1.82) is 0 Å². The fraction of sp³-hybridized carbons (Fsp3) is 0.0667. The van der Waals surface area contributed by atoms with Crippen LogP contribution < -0.4 is 4.74 Å². The number of carboxylic acids is 1. The summed E-state index contributed by atoms with van der Waals surface area (Å²) in [6.07, 6.45) is 1.66. The highest BCUT2D eigenvalue weighted by molar-refractivity contribution is 5.95. The van der Waals surface area contributed by atoms with E-state index < -0.39 is 5.97 Å². The molecule has 2 heterocycles. The van der Waals surface area contributed by atoms with Gasteiger partial charge in [0, 0.05) is 17.1 Å². The van der Waals surface area contributed by atoms with Gasteiger partial charge in [-0.05, 0) is 36.4 Å². The van der Waals surface area contributed by atoms with Crippen LogP contribution in [0.5, 0.6) is 5.88 Å². The molecule has 3 rings (SSSR count). The van der Waals surface area contributed by atoms with E-state index in [0.29, 0.717) is 5.88 Å². The Morgan fingerprint density at radius 1 is 1.30 bits per heavy atom. The fourth-order valence-electron chi connectivity index (χ4n) is 2.17. The first-order chi connectivity index (χ1) is 9.69. The molecule has 3 aromatic rings. The number of aromatic nitrogens is 2. The summed E-state index contributed by atoms with van der Waals surface area (Å²) in [5.74, 6) is -0.411. The monoisotopic (exact) mass is 268 g/mol. The number of nitrogens with one attached hydrogen (secondary N) is 1. The first-order valence-electron chi connectivity index (χ1n) is 6.04. The van der Waals surface area contributed by atoms with Gasteiger partial charge in [-0.25, -0.2) is 9.78 Å². The van der Waals surface area contributed by atoms with E-state index in [0.717, 1.165) is 22.2 Å². The van der Waals surface area contributed by atoms with E-state index in [1.807, 2.05) is 18.2 Å². The Bertz CT molecular complexity index is 793. The maximum atomic E-state index is 11.0. The van der Waals surface area contributed by atoms with Crippen molar-refractivity contribution in [2.24, 2.45) is 0 Å². The molecule has 20 heavy (non-hydrogen) atoms. The number of carboxylic acid groups (broad SMARTS) is 1. The Kier molecular flexibility index (Phi) is 2.87. The molecule has 0 aliphatic heterocycles. The zero-order valence-corrected chi connectivity index (χ0v) is 10.8. The van der Waals surface area contributed by atoms with Crippen molar-refractivity contribution in [3.63, 3.8) is 0 Å². The van der Waals surface area contributed by atoms with Crippen molar-refractivity contribution >= 4 is 16.9 Å². The van der Waals surface area contributed by atoms with Crippen LogP contribution in [0.1, 0.15) is 10.4 Å². The van der Waals surface area contributed by atoms with Crippen molar-refractivity contribution < 1.29 is 14.6 Å². The van der Waals surface area contributed by atoms with E-state index in [9.17, 15) is 4.79 Å². The van der Waals surface area contributed by atoms with Crippen molar-refractivity contribution in [2.45, 2.75) is 0 Å². The summed E-state index contributed by atoms with van der Waals surface area (Å²) in [6, 6.07) is 10.6. The molecule has 0 aliphatic carbocycles. The average Bonchev–Trinajstić information content (AvgIpc) is 2.89. The van der Waals surface area contributed by atoms with Crippen LogP contribution in [-0.2, 0) is 0 Å². The van der Waals surface area contributed by atoms with E-state index in [4.69, 9.17) is 9.84 Å². The fourth-order valence-corrected chi connectivity index (χ4v) is 2.17. The number of benzene rings is 1. The van der Waals surface area contributed by atoms with Crippen LogP contribution in [0.2, 0.25) is 0 Å². The number of ether oxygens (including phenoxy) is 1. The second-order valence-electron chi connectivity index (χ2n) is 4.35. The van der Waals surface area contributed by atoms with Gasteiger partial charge >= 0.3 is 5.97 Å². The number of aromatic carboxylic acids is 1. The highest BCUT2D eigenvalue weighted by Crippen LogP contribution is 2.30. The third-order valence-corrected chi connectivity index (χ3v) is 3.12. The Morgan fingerprint density at radius 3 is 2.90 bits per heavy atom. The van der Waals surface area contributed by atoms with E-state index in [2.05, 4.69) is 9.97 Å². The minimum atomic E-state index is -0.936. The number of H-pyrrole nitrogens is 1. The molecule has 0 spiro atoms. The molecule has 0 radical (unpaired) electrons. The van der Waals surface area contributed by atoms with Gasteiger partial charge in [-0.15, -0.1) is 0 Å². The van der Waals surface area contributed by atoms with Crippen molar-refractivity contribution in [3.8, 4) is 17.1 Å². The maximum absolute atomic E-state index is 11.0. The number of fused-ring (bicyclic) bond motifs is 1. The number of carbonyl (C=O) groups is 1. The molecule has 5 heteroatoms. The second kappa shape index (κ2) is 4.70. The third kappa shape index (κ3) is 1.99. The summed E-state index contributed by atoms with van der Waals surface area (Å²) in [6.45, 7) is 0. The second-order valence-corrected chi connectivity index (χ2v) is 4.35. The molecule has 1 aromatic carbocycles. The molecule has 2 N–H and O–H groups in total. The number of hydrogen-bond acceptors (Lipinski definition) is 3. The molecule has 2 aromatic heterocycles. The van der Waals surface area contributed by atoms with E-state index in [1.54, 1.807) is 31.5 Å². The molecule has 0 saturated heterocycles. The van der Waals surface area contributed by atoms with Gasteiger partial charge in [-0.1, -0.05) is 0 Å². The van der Waals surface area contributed by atoms with Gasteiger partial charge in [-0.3, -0.25) is 0 Å². The molecule has 0 fully saturated rings. The Morgan fingerprint density at radius 2 is 2.15 bits per heavy atom. The molecule has 100 valence electrons. The summed E-state index contributed by atoms with van der Waals surface area (Å²) < 4.78 is 5.23. The van der Waals surface area contributed by atoms with Crippen molar-refractivity contribution in [1.82, 2.24) is 9.97 Å². The first-order valence-corrected chi connectivity index (χ1v) is 6.04. The summed E-state index contributed by atoms with van der Waals surface area (Å²) in [7, 11) is 1.57. The van der Waals surface area contributed by atoms with Crippen LogP contribution in [0.4, 0.5) is 0 Å². The molecule has 0 atom stereocenters. The van der Waals surface area contributed by atoms with E-state index in [1.165, 1.54) is 0 Å². The molecule has 0 saturated carbocycles. The minimum absolute atomic E-state index is 0.265. The number of hydrogen-bond donors (Lipinski definition) is 2. The van der Waals surface area contributed by atoms with Gasteiger partial charge < -0.3 is 14.8 Å². The van der Waals surface area contributed by atoms with Gasteiger partial charge in [-0.2, -0.15) is 0 Å². The topological polar surface area (TPSA) is 75.2 Å². The van der Waals surface area contributed by atoms with E-state index >= 15 is 0 Å². The van der Waals surface area contributed by atoms with Crippen LogP contribution in [0.3, 0.4) is 0 Å². The molecule has 0 bridgehead atoms. The van der Waals surface area contributed by atoms with Crippen molar-refractivity contribution in [3.05, 3.63) is 48.2 Å². The highest BCUT2D eigenvalue weighted by atomic mass is 16.5. The predicted octanol–water partition coefficient (Wildman–Crippen LogP) is 2.94. The number of aromatic amines is 1. The van der Waals surface area contributed by atoms with Crippen LogP contribution in [-0.4, -0.2) is 28.2 Å². The molecule has 0 amide bonds. The van der Waals surface area contributed by atoms with E-state index in [-0.39, 0.29) is 5.56 Å². The lowest BCUT2D eigenvalue weighted by atomic mass is 10.1. The molecular formula is C15H12N2O3. The smallest absolute Gasteiger partial charge is 0.335 e. The SMILES string of the molecule is COc1ncccc1-c1cc2cc(C(=O)O)ccc2[nH]1. The summed E-state index contributed by atoms with van der Waals surface area (Å²) in [5, 5.41) is 9.85. The number of pyridine rings is 1. The van der Waals surface area contributed by atoms with Gasteiger partial charge in [0.05, 0.1) is 23.9 Å². The molecule has 5 nitrogen and oxygen atoms in total. The molecular weight excluding hydrogens is 256 g/mol. The van der Waals surface area contributed by atoms with Gasteiger partial charge in [0.25, 0.3) is 0 Å². The number of rotatable bonds is 3. The summed E-state index contributed by atoms with van der Waals surface area (Å²) in [4.78, 5) is 18.4. The number of methoxy groups -OCH3 is 1. The zero-order chi connectivity index (χ0) is 14.1. The summed E-state index contributed by atoms with van der Waals surface area (Å²) in [5.41, 5.74) is 2.81. The number of nitrogens with zero attached hydrogens (tertiary/aromatic N) is 1. The molecule has 0 aliphatic rings. The first kappa shape index (κ1) is 12.2. The lowest BCUT2D eigenvalue weighted by molar-refractivity contribution is 0.0697. The van der Waals surface area contributed by atoms with Gasteiger partial charge in [0.15, 0.2) is 0 Å². The van der Waals surface area contributed by atoms with Crippen LogP contribution in [0.25, 0.3) is 22.2 Å². The zero-order valence-electron chi connectivity index (χ0n) is 10.8. The standard InChI is InChI=1S/C15H12N2O3/c1-20-14-11(3-2-6-16-14)13-8-10-7-9(15(18)19)4-5-12(10)17-13/h2-8,17H,1H3,(H,18,19). The minimum Gasteiger partial charge on any atom is -0.481 e. The van der Waals surface area contributed by atoms with Gasteiger partial charge in [0.2, 0.25) is 5.88 Å². The normalized spacial score (nSPS) is 10.7. The largest absolute Gasteiger partial charge is 0.481 e. The lowest BCUT2D eigenvalue weighted by Crippen LogP contribution is -1.94. The lowest BCUT2D eigenvalue weighted by Gasteiger charge is -2.04. The predicted molar refractivity (Wildman–Crippen MR) is 75.0 cm³/mol. The molecule has 0 unspecified atom stereocenters. The van der Waals surface area contributed by atoms with Crippen LogP contribution in [0.15, 0.2) is 42.6 Å². The quantitative estimate of drug-likeness (QED) is 0.765. The van der Waals surface area contributed by atoms with Crippen LogP contribution >= 0.6 is 0 Å². The summed E-state index contributed by atoms with van der Waals surface area (Å²) >= 11 is 0. The maximum Gasteiger partial charge on any atom is 0.335 e. The van der Waals surface area contributed by atoms with Crippen molar-refractivity contribution in [2.75, 3.05) is 7.11 Å². The Hall–Kier alpha value is -2.82. The third-order valence-electron chi connectivity index (χ3n) is 3.12. The Balaban J connectivity index is 2.15.